The van der Waals surface area contributed by atoms with Crippen molar-refractivity contribution in [3.63, 3.8) is 0 Å². The van der Waals surface area contributed by atoms with Gasteiger partial charge in [-0.25, -0.2) is 13.2 Å². The molecule has 194 valence electrons. The van der Waals surface area contributed by atoms with Gasteiger partial charge >= 0.3 is 6.09 Å². The lowest BCUT2D eigenvalue weighted by atomic mass is 9.87. The maximum Gasteiger partial charge on any atom is 0.404 e. The Morgan fingerprint density at radius 3 is 2.29 bits per heavy atom. The molecule has 0 saturated carbocycles. The molecule has 2 atom stereocenters. The summed E-state index contributed by atoms with van der Waals surface area (Å²) in [4.78, 5) is 11.5. The number of nitrogen functional groups attached to an aromatic ring is 1. The number of hydrogen-bond acceptors (Lipinski definition) is 6. The van der Waals surface area contributed by atoms with E-state index in [1.807, 2.05) is 44.2 Å². The minimum atomic E-state index is -3.99. The predicted octanol–water partition coefficient (Wildman–Crippen LogP) is 2.65. The smallest absolute Gasteiger partial charge is 0.404 e. The largest absolute Gasteiger partial charge is 0.465 e. The molecular formula is C25H38N4O5S. The number of aliphatic hydroxyl groups excluding tert-OH is 1. The molecule has 0 saturated heterocycles. The van der Waals surface area contributed by atoms with Crippen LogP contribution in [0.4, 0.5) is 10.5 Å². The van der Waals surface area contributed by atoms with E-state index in [2.05, 4.69) is 5.32 Å². The second kappa shape index (κ2) is 12.9. The van der Waals surface area contributed by atoms with Gasteiger partial charge in [0.25, 0.3) is 0 Å². The van der Waals surface area contributed by atoms with Gasteiger partial charge in [0.15, 0.2) is 0 Å². The molecule has 0 aliphatic heterocycles. The summed E-state index contributed by atoms with van der Waals surface area (Å²) >= 11 is 0. The Labute approximate surface area is 208 Å². The van der Waals surface area contributed by atoms with Crippen LogP contribution in [0, 0.1) is 5.41 Å². The molecule has 9 nitrogen and oxygen atoms in total. The predicted molar refractivity (Wildman–Crippen MR) is 137 cm³/mol. The summed E-state index contributed by atoms with van der Waals surface area (Å²) in [6, 6.07) is 14.1. The number of nitrogens with one attached hydrogen (secondary N) is 1. The number of nitrogens with zero attached hydrogens (tertiary/aromatic N) is 1. The number of hydrogen-bond donors (Lipinski definition) is 5. The van der Waals surface area contributed by atoms with Crippen LogP contribution in [-0.4, -0.2) is 60.8 Å². The Hall–Kier alpha value is -2.66. The van der Waals surface area contributed by atoms with E-state index >= 15 is 0 Å². The Morgan fingerprint density at radius 1 is 1.09 bits per heavy atom. The fourth-order valence-corrected chi connectivity index (χ4v) is 5.63. The molecule has 7 N–H and O–H groups in total. The molecule has 0 radical (unpaired) electrons. The molecule has 0 aromatic heterocycles. The van der Waals surface area contributed by atoms with Gasteiger partial charge in [0.05, 0.1) is 17.0 Å². The molecule has 2 aromatic carbocycles. The SMILES string of the molecule is CC(C)(CCCCN)CN(C[C@@H](O)[C@H](Cc1ccccc1)NC(=O)O)S(=O)(=O)c1ccc(N)cc1. The van der Waals surface area contributed by atoms with E-state index in [1.165, 1.54) is 28.6 Å². The van der Waals surface area contributed by atoms with Gasteiger partial charge in [-0.1, -0.05) is 50.6 Å². The first-order valence-corrected chi connectivity index (χ1v) is 13.2. The summed E-state index contributed by atoms with van der Waals surface area (Å²) in [5.41, 5.74) is 12.2. The Morgan fingerprint density at radius 2 is 1.71 bits per heavy atom. The molecule has 0 spiro atoms. The molecule has 1 amide bonds. The number of rotatable bonds is 14. The van der Waals surface area contributed by atoms with Crippen LogP contribution in [0.15, 0.2) is 59.5 Å². The molecule has 2 aromatic rings. The zero-order valence-corrected chi connectivity index (χ0v) is 21.2. The molecule has 0 bridgehead atoms. The van der Waals surface area contributed by atoms with Crippen LogP contribution >= 0.6 is 0 Å². The average molecular weight is 507 g/mol. The summed E-state index contributed by atoms with van der Waals surface area (Å²) in [5.74, 6) is 0. The van der Waals surface area contributed by atoms with Gasteiger partial charge in [0.1, 0.15) is 0 Å². The molecule has 35 heavy (non-hydrogen) atoms. The van der Waals surface area contributed by atoms with Gasteiger partial charge in [-0.05, 0) is 61.1 Å². The van der Waals surface area contributed by atoms with Crippen LogP contribution in [0.2, 0.25) is 0 Å². The van der Waals surface area contributed by atoms with Gasteiger partial charge in [-0.15, -0.1) is 0 Å². The number of benzene rings is 2. The maximum atomic E-state index is 13.6. The summed E-state index contributed by atoms with van der Waals surface area (Å²) in [5, 5.41) is 22.8. The van der Waals surface area contributed by atoms with E-state index in [1.54, 1.807) is 0 Å². The highest BCUT2D eigenvalue weighted by atomic mass is 32.2. The third-order valence-corrected chi connectivity index (χ3v) is 7.72. The highest BCUT2D eigenvalue weighted by Gasteiger charge is 2.34. The van der Waals surface area contributed by atoms with E-state index < -0.39 is 33.7 Å². The van der Waals surface area contributed by atoms with Crippen molar-refractivity contribution in [1.82, 2.24) is 9.62 Å². The van der Waals surface area contributed by atoms with Crippen LogP contribution in [0.25, 0.3) is 0 Å². The Kier molecular flexibility index (Phi) is 10.5. The van der Waals surface area contributed by atoms with Crippen molar-refractivity contribution in [3.8, 4) is 0 Å². The molecule has 0 aliphatic rings. The lowest BCUT2D eigenvalue weighted by Crippen LogP contribution is -2.51. The number of anilines is 1. The van der Waals surface area contributed by atoms with Crippen molar-refractivity contribution in [1.29, 1.82) is 0 Å². The molecule has 0 aliphatic carbocycles. The second-order valence-corrected chi connectivity index (χ2v) is 11.5. The zero-order valence-electron chi connectivity index (χ0n) is 20.4. The summed E-state index contributed by atoms with van der Waals surface area (Å²) < 4.78 is 28.5. The number of aliphatic hydroxyl groups is 1. The highest BCUT2D eigenvalue weighted by Crippen LogP contribution is 2.28. The molecule has 10 heteroatoms. The molecule has 0 heterocycles. The number of sulfonamides is 1. The quantitative estimate of drug-likeness (QED) is 0.194. The van der Waals surface area contributed by atoms with Crippen molar-refractivity contribution >= 4 is 21.8 Å². The Balaban J connectivity index is 2.34. The Bertz CT molecular complexity index is 1030. The molecule has 0 fully saturated rings. The first-order valence-electron chi connectivity index (χ1n) is 11.7. The highest BCUT2D eigenvalue weighted by molar-refractivity contribution is 7.89. The lowest BCUT2D eigenvalue weighted by molar-refractivity contribution is 0.0903. The van der Waals surface area contributed by atoms with Crippen LogP contribution in [-0.2, 0) is 16.4 Å². The van der Waals surface area contributed by atoms with Gasteiger partial charge in [0, 0.05) is 18.8 Å². The van der Waals surface area contributed by atoms with E-state index in [4.69, 9.17) is 11.5 Å². The van der Waals surface area contributed by atoms with Crippen LogP contribution in [0.5, 0.6) is 0 Å². The third-order valence-electron chi connectivity index (χ3n) is 5.89. The van der Waals surface area contributed by atoms with E-state index in [9.17, 15) is 23.4 Å². The molecule has 0 unspecified atom stereocenters. The number of carboxylic acid groups (broad SMARTS) is 1. The number of amides is 1. The molecular weight excluding hydrogens is 468 g/mol. The topological polar surface area (TPSA) is 159 Å². The first-order chi connectivity index (χ1) is 16.4. The van der Waals surface area contributed by atoms with Gasteiger partial charge in [-0.2, -0.15) is 4.31 Å². The fourth-order valence-electron chi connectivity index (χ4n) is 3.99. The zero-order chi connectivity index (χ0) is 26.1. The fraction of sp³-hybridized carbons (Fsp3) is 0.480. The maximum absolute atomic E-state index is 13.6. The normalized spacial score (nSPS) is 14.0. The second-order valence-electron chi connectivity index (χ2n) is 9.59. The van der Waals surface area contributed by atoms with Crippen molar-refractivity contribution in [2.24, 2.45) is 11.1 Å². The van der Waals surface area contributed by atoms with Gasteiger partial charge in [0.2, 0.25) is 10.0 Å². The summed E-state index contributed by atoms with van der Waals surface area (Å²) in [6.07, 6.45) is 0.0609. The number of nitrogens with two attached hydrogens (primary N) is 2. The van der Waals surface area contributed by atoms with E-state index in [-0.39, 0.29) is 24.4 Å². The molecule has 2 rings (SSSR count). The van der Waals surface area contributed by atoms with Crippen molar-refractivity contribution < 1.29 is 23.4 Å². The van der Waals surface area contributed by atoms with Gasteiger partial charge in [-0.3, -0.25) is 0 Å². The van der Waals surface area contributed by atoms with Crippen LogP contribution in [0.3, 0.4) is 0 Å². The standard InChI is InChI=1S/C25H38N4O5S/c1-25(2,14-6-7-15-26)18-29(35(33,34)21-12-10-20(27)11-13-21)17-23(30)22(28-24(31)32)16-19-8-4-3-5-9-19/h3-5,8-13,22-23,28,30H,6-7,14-18,26-27H2,1-2H3,(H,31,32)/t22-,23+/m0/s1. The monoisotopic (exact) mass is 506 g/mol. The van der Waals surface area contributed by atoms with Crippen LogP contribution < -0.4 is 16.8 Å². The summed E-state index contributed by atoms with van der Waals surface area (Å²) in [7, 11) is -3.99. The third kappa shape index (κ3) is 9.14. The minimum Gasteiger partial charge on any atom is -0.465 e. The number of unbranched alkanes of at least 4 members (excludes halogenated alkanes) is 1. The first kappa shape index (κ1) is 28.6. The summed E-state index contributed by atoms with van der Waals surface area (Å²) in [6.45, 7) is 4.37. The van der Waals surface area contributed by atoms with Gasteiger partial charge < -0.3 is 27.0 Å². The lowest BCUT2D eigenvalue weighted by Gasteiger charge is -2.35. The van der Waals surface area contributed by atoms with Crippen LogP contribution in [0.1, 0.15) is 38.7 Å². The average Bonchev–Trinajstić information content (AvgIpc) is 2.79. The van der Waals surface area contributed by atoms with Crippen molar-refractivity contribution in [2.75, 3.05) is 25.4 Å². The van der Waals surface area contributed by atoms with Crippen molar-refractivity contribution in [3.05, 3.63) is 60.2 Å². The van der Waals surface area contributed by atoms with Crippen molar-refractivity contribution in [2.45, 2.75) is 56.6 Å². The van der Waals surface area contributed by atoms with E-state index in [0.29, 0.717) is 12.2 Å². The number of carbonyl (C=O) groups is 1. The van der Waals surface area contributed by atoms with E-state index in [0.717, 1.165) is 24.8 Å². The minimum absolute atomic E-state index is 0.0578.